The summed E-state index contributed by atoms with van der Waals surface area (Å²) in [5.74, 6) is -0.228. The topological polar surface area (TPSA) is 44.8 Å². The Hall–Kier alpha value is -0.610. The Morgan fingerprint density at radius 1 is 0.370 bits per heavy atom. The molecule has 0 spiro atoms. The van der Waals surface area contributed by atoms with Crippen molar-refractivity contribution in [3.63, 3.8) is 0 Å². The number of hydrogen-bond acceptors (Lipinski definition) is 4. The second kappa shape index (κ2) is 40.6. The summed E-state index contributed by atoms with van der Waals surface area (Å²) in [5, 5.41) is 0. The maximum absolute atomic E-state index is 12.9. The molecular weight excluding hydrogens is 568 g/mol. The Balaban J connectivity index is 4.04. The van der Waals surface area contributed by atoms with Crippen molar-refractivity contribution in [2.24, 2.45) is 0 Å². The van der Waals surface area contributed by atoms with Crippen molar-refractivity contribution in [2.75, 3.05) is 26.4 Å². The molecule has 0 rings (SSSR count). The van der Waals surface area contributed by atoms with E-state index in [9.17, 15) is 4.79 Å². The lowest BCUT2D eigenvalue weighted by Crippen LogP contribution is -2.32. The van der Waals surface area contributed by atoms with Gasteiger partial charge < -0.3 is 14.2 Å². The van der Waals surface area contributed by atoms with Gasteiger partial charge in [0.2, 0.25) is 0 Å². The molecule has 0 radical (unpaired) electrons. The largest absolute Gasteiger partial charge is 0.464 e. The van der Waals surface area contributed by atoms with Gasteiger partial charge in [0.05, 0.1) is 13.2 Å². The van der Waals surface area contributed by atoms with Crippen LogP contribution in [0.2, 0.25) is 0 Å². The van der Waals surface area contributed by atoms with Crippen LogP contribution < -0.4 is 0 Å². The molecule has 4 nitrogen and oxygen atoms in total. The summed E-state index contributed by atoms with van der Waals surface area (Å²) in [6.07, 6.45) is 42.7. The minimum atomic E-state index is -0.580. The number of esters is 1. The van der Waals surface area contributed by atoms with Gasteiger partial charge >= 0.3 is 5.97 Å². The second-order valence-corrected chi connectivity index (χ2v) is 14.2. The van der Waals surface area contributed by atoms with E-state index in [4.69, 9.17) is 14.2 Å². The van der Waals surface area contributed by atoms with Gasteiger partial charge in [-0.2, -0.15) is 0 Å². The minimum Gasteiger partial charge on any atom is -0.464 e. The average Bonchev–Trinajstić information content (AvgIpc) is 3.06. The molecule has 46 heavy (non-hydrogen) atoms. The Labute approximate surface area is 289 Å². The van der Waals surface area contributed by atoms with E-state index < -0.39 is 6.10 Å². The summed E-state index contributed by atoms with van der Waals surface area (Å²) in [5.41, 5.74) is 0. The molecular formula is C42H84O4. The first-order valence-electron chi connectivity index (χ1n) is 21.1. The normalized spacial score (nSPS) is 12.2. The number of rotatable bonds is 40. The van der Waals surface area contributed by atoms with Crippen LogP contribution in [0.25, 0.3) is 0 Å². The first-order chi connectivity index (χ1) is 22.8. The second-order valence-electron chi connectivity index (χ2n) is 14.2. The SMILES string of the molecule is CCCCCCCCCCCCCCCOC(=O)C(COCCCCCCCCCCCC)OCCCCCCCCCCCC. The molecule has 0 aliphatic rings. The van der Waals surface area contributed by atoms with Crippen molar-refractivity contribution in [2.45, 2.75) is 239 Å². The first kappa shape index (κ1) is 45.4. The van der Waals surface area contributed by atoms with Gasteiger partial charge in [0, 0.05) is 13.2 Å². The predicted molar refractivity (Wildman–Crippen MR) is 201 cm³/mol. The standard InChI is InChI=1S/C42H84O4/c1-4-7-10-13-16-19-22-23-24-27-30-33-36-39-46-42(43)41(45-38-35-32-29-26-21-18-15-12-9-6-3)40-44-37-34-31-28-25-20-17-14-11-8-5-2/h41H,4-40H2,1-3H3. The average molecular weight is 653 g/mol. The third-order valence-corrected chi connectivity index (χ3v) is 9.48. The number of unbranched alkanes of at least 4 members (excludes halogenated alkanes) is 30. The third-order valence-electron chi connectivity index (χ3n) is 9.48. The van der Waals surface area contributed by atoms with Crippen molar-refractivity contribution in [1.82, 2.24) is 0 Å². The maximum atomic E-state index is 12.9. The maximum Gasteiger partial charge on any atom is 0.337 e. The van der Waals surface area contributed by atoms with Crippen molar-refractivity contribution >= 4 is 5.97 Å². The fourth-order valence-electron chi connectivity index (χ4n) is 6.27. The molecule has 0 saturated carbocycles. The van der Waals surface area contributed by atoms with Crippen LogP contribution in [0, 0.1) is 0 Å². The van der Waals surface area contributed by atoms with E-state index >= 15 is 0 Å². The molecule has 0 aromatic heterocycles. The smallest absolute Gasteiger partial charge is 0.337 e. The van der Waals surface area contributed by atoms with Gasteiger partial charge in [-0.1, -0.05) is 213 Å². The highest BCUT2D eigenvalue weighted by atomic mass is 16.6. The molecule has 0 bridgehead atoms. The lowest BCUT2D eigenvalue weighted by atomic mass is 10.0. The van der Waals surface area contributed by atoms with Crippen molar-refractivity contribution in [3.05, 3.63) is 0 Å². The molecule has 276 valence electrons. The number of carbonyl (C=O) groups is 1. The van der Waals surface area contributed by atoms with Gasteiger partial charge in [0.15, 0.2) is 6.10 Å². The summed E-state index contributed by atoms with van der Waals surface area (Å²) >= 11 is 0. The lowest BCUT2D eigenvalue weighted by molar-refractivity contribution is -0.161. The van der Waals surface area contributed by atoms with Crippen LogP contribution in [0.4, 0.5) is 0 Å². The summed E-state index contributed by atoms with van der Waals surface area (Å²) in [4.78, 5) is 12.9. The van der Waals surface area contributed by atoms with Gasteiger partial charge in [-0.25, -0.2) is 4.79 Å². The molecule has 0 fully saturated rings. The van der Waals surface area contributed by atoms with Gasteiger partial charge in [0.1, 0.15) is 0 Å². The van der Waals surface area contributed by atoms with Crippen molar-refractivity contribution < 1.29 is 19.0 Å². The Morgan fingerprint density at radius 3 is 1.00 bits per heavy atom. The predicted octanol–water partition coefficient (Wildman–Crippen LogP) is 13.9. The third kappa shape index (κ3) is 36.2. The van der Waals surface area contributed by atoms with E-state index in [-0.39, 0.29) is 5.97 Å². The minimum absolute atomic E-state index is 0.228. The van der Waals surface area contributed by atoms with Crippen LogP contribution in [-0.2, 0) is 19.0 Å². The molecule has 0 aliphatic heterocycles. The monoisotopic (exact) mass is 653 g/mol. The molecule has 0 heterocycles. The molecule has 0 N–H and O–H groups in total. The van der Waals surface area contributed by atoms with Crippen LogP contribution in [0.5, 0.6) is 0 Å². The number of hydrogen-bond donors (Lipinski definition) is 0. The van der Waals surface area contributed by atoms with Crippen LogP contribution in [0.3, 0.4) is 0 Å². The van der Waals surface area contributed by atoms with Crippen LogP contribution in [-0.4, -0.2) is 38.5 Å². The van der Waals surface area contributed by atoms with Crippen LogP contribution in [0.15, 0.2) is 0 Å². The number of ether oxygens (including phenoxy) is 3. The molecule has 1 unspecified atom stereocenters. The molecule has 0 aromatic carbocycles. The summed E-state index contributed by atoms with van der Waals surface area (Å²) < 4.78 is 17.7. The Bertz CT molecular complexity index is 566. The molecule has 4 heteroatoms. The zero-order valence-corrected chi connectivity index (χ0v) is 31.9. The first-order valence-corrected chi connectivity index (χ1v) is 21.1. The molecule has 0 aromatic rings. The summed E-state index contributed by atoms with van der Waals surface area (Å²) in [7, 11) is 0. The summed E-state index contributed by atoms with van der Waals surface area (Å²) in [6, 6.07) is 0. The zero-order valence-electron chi connectivity index (χ0n) is 31.9. The van der Waals surface area contributed by atoms with Gasteiger partial charge in [0.25, 0.3) is 0 Å². The quantitative estimate of drug-likeness (QED) is 0.0488. The molecule has 0 aliphatic carbocycles. The van der Waals surface area contributed by atoms with Gasteiger partial charge in [-0.05, 0) is 19.3 Å². The van der Waals surface area contributed by atoms with Crippen LogP contribution in [0.1, 0.15) is 233 Å². The fourth-order valence-corrected chi connectivity index (χ4v) is 6.27. The number of carbonyl (C=O) groups excluding carboxylic acids is 1. The van der Waals surface area contributed by atoms with E-state index in [0.29, 0.717) is 26.4 Å². The van der Waals surface area contributed by atoms with Gasteiger partial charge in [-0.15, -0.1) is 0 Å². The van der Waals surface area contributed by atoms with E-state index in [1.165, 1.54) is 186 Å². The van der Waals surface area contributed by atoms with Crippen LogP contribution >= 0.6 is 0 Å². The van der Waals surface area contributed by atoms with Gasteiger partial charge in [-0.3, -0.25) is 0 Å². The molecule has 0 amide bonds. The molecule has 1 atom stereocenters. The van der Waals surface area contributed by atoms with E-state index in [1.54, 1.807) is 0 Å². The fraction of sp³-hybridized carbons (Fsp3) is 0.976. The lowest BCUT2D eigenvalue weighted by Gasteiger charge is -2.17. The van der Waals surface area contributed by atoms with E-state index in [0.717, 1.165) is 25.7 Å². The highest BCUT2D eigenvalue weighted by Crippen LogP contribution is 2.14. The van der Waals surface area contributed by atoms with E-state index in [1.807, 2.05) is 0 Å². The Morgan fingerprint density at radius 2 is 0.652 bits per heavy atom. The van der Waals surface area contributed by atoms with Crippen molar-refractivity contribution in [1.29, 1.82) is 0 Å². The molecule has 0 saturated heterocycles. The highest BCUT2D eigenvalue weighted by molar-refractivity contribution is 5.74. The van der Waals surface area contributed by atoms with Crippen molar-refractivity contribution in [3.8, 4) is 0 Å². The highest BCUT2D eigenvalue weighted by Gasteiger charge is 2.21. The zero-order chi connectivity index (χ0) is 33.4. The summed E-state index contributed by atoms with van der Waals surface area (Å²) in [6.45, 7) is 9.00. The van der Waals surface area contributed by atoms with E-state index in [2.05, 4.69) is 20.8 Å². The Kier molecular flexibility index (Phi) is 40.0.